The van der Waals surface area contributed by atoms with Gasteiger partial charge in [0.25, 0.3) is 5.91 Å². The Morgan fingerprint density at radius 3 is 2.78 bits per heavy atom. The zero-order chi connectivity index (χ0) is 13.1. The van der Waals surface area contributed by atoms with E-state index in [2.05, 4.69) is 10.3 Å². The van der Waals surface area contributed by atoms with Crippen LogP contribution < -0.4 is 11.1 Å². The van der Waals surface area contributed by atoms with E-state index in [1.54, 1.807) is 30.3 Å². The van der Waals surface area contributed by atoms with Crippen LogP contribution in [0.5, 0.6) is 0 Å². The van der Waals surface area contributed by atoms with Crippen molar-refractivity contribution >= 4 is 28.9 Å². The van der Waals surface area contributed by atoms with Crippen molar-refractivity contribution in [3.05, 3.63) is 52.8 Å². The molecule has 18 heavy (non-hydrogen) atoms. The van der Waals surface area contributed by atoms with Crippen molar-refractivity contribution in [2.24, 2.45) is 0 Å². The Bertz CT molecular complexity index is 599. The molecule has 0 radical (unpaired) electrons. The fourth-order valence-corrected chi connectivity index (χ4v) is 1.68. The molecule has 0 atom stereocenters. The lowest BCUT2D eigenvalue weighted by molar-refractivity contribution is 0.102. The first kappa shape index (κ1) is 12.4. The van der Waals surface area contributed by atoms with E-state index in [0.29, 0.717) is 22.1 Å². The normalized spacial score (nSPS) is 10.1. The van der Waals surface area contributed by atoms with Gasteiger partial charge in [0, 0.05) is 10.7 Å². The van der Waals surface area contributed by atoms with Gasteiger partial charge >= 0.3 is 0 Å². The Kier molecular flexibility index (Phi) is 3.48. The van der Waals surface area contributed by atoms with Crippen LogP contribution in [0.3, 0.4) is 0 Å². The SMILES string of the molecule is Cc1cccc(C(=O)Nc2ccc(Cl)cc2N)n1. The highest BCUT2D eigenvalue weighted by Gasteiger charge is 2.09. The molecule has 0 aliphatic rings. The number of benzene rings is 1. The van der Waals surface area contributed by atoms with Gasteiger partial charge in [0.1, 0.15) is 5.69 Å². The summed E-state index contributed by atoms with van der Waals surface area (Å²) in [5.74, 6) is -0.298. The monoisotopic (exact) mass is 261 g/mol. The van der Waals surface area contributed by atoms with E-state index in [1.165, 1.54) is 0 Å². The number of hydrogen-bond acceptors (Lipinski definition) is 3. The summed E-state index contributed by atoms with van der Waals surface area (Å²) >= 11 is 5.79. The van der Waals surface area contributed by atoms with Crippen molar-refractivity contribution < 1.29 is 4.79 Å². The standard InChI is InChI=1S/C13H12ClN3O/c1-8-3-2-4-12(16-8)13(18)17-11-6-5-9(14)7-10(11)15/h2-7H,15H2,1H3,(H,17,18). The van der Waals surface area contributed by atoms with Gasteiger partial charge in [0.05, 0.1) is 11.4 Å². The van der Waals surface area contributed by atoms with Crippen molar-refractivity contribution in [2.75, 3.05) is 11.1 Å². The van der Waals surface area contributed by atoms with Crippen molar-refractivity contribution in [3.63, 3.8) is 0 Å². The Labute approximate surface area is 110 Å². The van der Waals surface area contributed by atoms with E-state index in [9.17, 15) is 4.79 Å². The molecule has 0 saturated carbocycles. The van der Waals surface area contributed by atoms with Crippen molar-refractivity contribution in [1.82, 2.24) is 4.98 Å². The topological polar surface area (TPSA) is 68.0 Å². The van der Waals surface area contributed by atoms with Gasteiger partial charge in [-0.2, -0.15) is 0 Å². The first-order valence-electron chi connectivity index (χ1n) is 5.36. The van der Waals surface area contributed by atoms with Crippen LogP contribution in [0, 0.1) is 6.92 Å². The molecule has 0 unspecified atom stereocenters. The van der Waals surface area contributed by atoms with E-state index < -0.39 is 0 Å². The van der Waals surface area contributed by atoms with Crippen LogP contribution in [-0.2, 0) is 0 Å². The molecule has 3 N–H and O–H groups in total. The van der Waals surface area contributed by atoms with Crippen LogP contribution in [-0.4, -0.2) is 10.9 Å². The number of aryl methyl sites for hydroxylation is 1. The number of rotatable bonds is 2. The lowest BCUT2D eigenvalue weighted by atomic mass is 10.2. The summed E-state index contributed by atoms with van der Waals surface area (Å²) in [5.41, 5.74) is 7.83. The average Bonchev–Trinajstić information content (AvgIpc) is 2.32. The highest BCUT2D eigenvalue weighted by atomic mass is 35.5. The van der Waals surface area contributed by atoms with E-state index >= 15 is 0 Å². The van der Waals surface area contributed by atoms with Crippen molar-refractivity contribution in [2.45, 2.75) is 6.92 Å². The number of aromatic nitrogens is 1. The van der Waals surface area contributed by atoms with Crippen molar-refractivity contribution in [3.8, 4) is 0 Å². The molecule has 0 bridgehead atoms. The Morgan fingerprint density at radius 2 is 2.11 bits per heavy atom. The first-order chi connectivity index (χ1) is 8.56. The fraction of sp³-hybridized carbons (Fsp3) is 0.0769. The summed E-state index contributed by atoms with van der Waals surface area (Å²) in [6.45, 7) is 1.83. The number of nitrogens with zero attached hydrogens (tertiary/aromatic N) is 1. The van der Waals surface area contributed by atoms with Gasteiger partial charge in [-0.05, 0) is 37.3 Å². The van der Waals surface area contributed by atoms with Gasteiger partial charge in [-0.15, -0.1) is 0 Å². The van der Waals surface area contributed by atoms with E-state index in [1.807, 2.05) is 13.0 Å². The lowest BCUT2D eigenvalue weighted by Gasteiger charge is -2.08. The molecule has 0 fully saturated rings. The zero-order valence-corrected chi connectivity index (χ0v) is 10.5. The van der Waals surface area contributed by atoms with Crippen LogP contribution in [0.25, 0.3) is 0 Å². The lowest BCUT2D eigenvalue weighted by Crippen LogP contribution is -2.15. The van der Waals surface area contributed by atoms with Gasteiger partial charge < -0.3 is 11.1 Å². The van der Waals surface area contributed by atoms with Gasteiger partial charge in [0.2, 0.25) is 0 Å². The molecule has 2 aromatic rings. The largest absolute Gasteiger partial charge is 0.397 e. The minimum atomic E-state index is -0.298. The van der Waals surface area contributed by atoms with Crippen LogP contribution >= 0.6 is 11.6 Å². The van der Waals surface area contributed by atoms with Crippen LogP contribution in [0.2, 0.25) is 5.02 Å². The third kappa shape index (κ3) is 2.78. The summed E-state index contributed by atoms with van der Waals surface area (Å²) in [6.07, 6.45) is 0. The third-order valence-electron chi connectivity index (χ3n) is 2.38. The molecule has 0 saturated heterocycles. The molecule has 4 nitrogen and oxygen atoms in total. The van der Waals surface area contributed by atoms with Crippen LogP contribution in [0.4, 0.5) is 11.4 Å². The predicted molar refractivity (Wildman–Crippen MR) is 72.8 cm³/mol. The smallest absolute Gasteiger partial charge is 0.274 e. The second-order valence-electron chi connectivity index (χ2n) is 3.85. The number of carbonyl (C=O) groups is 1. The minimum Gasteiger partial charge on any atom is -0.397 e. The third-order valence-corrected chi connectivity index (χ3v) is 2.62. The highest BCUT2D eigenvalue weighted by molar-refractivity contribution is 6.31. The summed E-state index contributed by atoms with van der Waals surface area (Å²) in [5, 5.41) is 3.22. The van der Waals surface area contributed by atoms with Gasteiger partial charge in [-0.3, -0.25) is 4.79 Å². The molecule has 1 aromatic heterocycles. The molecule has 92 valence electrons. The second kappa shape index (κ2) is 5.06. The first-order valence-corrected chi connectivity index (χ1v) is 5.74. The number of amides is 1. The summed E-state index contributed by atoms with van der Waals surface area (Å²) < 4.78 is 0. The molecule has 0 spiro atoms. The molecule has 1 aromatic carbocycles. The molecule has 2 rings (SSSR count). The number of pyridine rings is 1. The number of nitrogens with one attached hydrogen (secondary N) is 1. The minimum absolute atomic E-state index is 0.298. The Hall–Kier alpha value is -2.07. The maximum atomic E-state index is 11.9. The molecule has 1 heterocycles. The maximum Gasteiger partial charge on any atom is 0.274 e. The number of nitrogen functional groups attached to an aromatic ring is 1. The quantitative estimate of drug-likeness (QED) is 0.817. The zero-order valence-electron chi connectivity index (χ0n) is 9.77. The van der Waals surface area contributed by atoms with E-state index in [-0.39, 0.29) is 5.91 Å². The fourth-order valence-electron chi connectivity index (χ4n) is 1.50. The van der Waals surface area contributed by atoms with Crippen LogP contribution in [0.15, 0.2) is 36.4 Å². The van der Waals surface area contributed by atoms with Gasteiger partial charge in [-0.25, -0.2) is 4.98 Å². The van der Waals surface area contributed by atoms with E-state index in [4.69, 9.17) is 17.3 Å². The summed E-state index contributed by atoms with van der Waals surface area (Å²) in [4.78, 5) is 16.1. The maximum absolute atomic E-state index is 11.9. The molecular weight excluding hydrogens is 250 g/mol. The predicted octanol–water partition coefficient (Wildman–Crippen LogP) is 2.88. The number of carbonyl (C=O) groups excluding carboxylic acids is 1. The number of hydrogen-bond donors (Lipinski definition) is 2. The number of nitrogens with two attached hydrogens (primary N) is 1. The molecule has 0 aliphatic carbocycles. The van der Waals surface area contributed by atoms with Gasteiger partial charge in [0.15, 0.2) is 0 Å². The summed E-state index contributed by atoms with van der Waals surface area (Å²) in [6, 6.07) is 10.2. The van der Waals surface area contributed by atoms with Gasteiger partial charge in [-0.1, -0.05) is 17.7 Å². The second-order valence-corrected chi connectivity index (χ2v) is 4.29. The van der Waals surface area contributed by atoms with E-state index in [0.717, 1.165) is 5.69 Å². The summed E-state index contributed by atoms with van der Waals surface area (Å²) in [7, 11) is 0. The number of halogens is 1. The van der Waals surface area contributed by atoms with Crippen LogP contribution in [0.1, 0.15) is 16.2 Å². The van der Waals surface area contributed by atoms with Crippen molar-refractivity contribution in [1.29, 1.82) is 0 Å². The Balaban J connectivity index is 2.21. The Morgan fingerprint density at radius 1 is 1.33 bits per heavy atom. The highest BCUT2D eigenvalue weighted by Crippen LogP contribution is 2.22. The molecule has 5 heteroatoms. The molecule has 0 aliphatic heterocycles. The molecular formula is C13H12ClN3O. The average molecular weight is 262 g/mol. The number of anilines is 2. The molecule has 1 amide bonds.